The molecule has 9 heteroatoms. The second-order valence-electron chi connectivity index (χ2n) is 7.37. The minimum Gasteiger partial charge on any atom is -0.345 e. The van der Waals surface area contributed by atoms with E-state index in [2.05, 4.69) is 10.0 Å². The third-order valence-electron chi connectivity index (χ3n) is 5.31. The summed E-state index contributed by atoms with van der Waals surface area (Å²) in [5.74, 6) is -1.15. The Labute approximate surface area is 179 Å². The van der Waals surface area contributed by atoms with Crippen molar-refractivity contribution in [3.05, 3.63) is 82.9 Å². The fraction of sp³-hybridized carbons (Fsp3) is 0.182. The van der Waals surface area contributed by atoms with E-state index in [1.54, 1.807) is 23.9 Å². The molecule has 0 fully saturated rings. The number of carbonyl (C=O) groups excluding carboxylic acids is 1. The van der Waals surface area contributed by atoms with Gasteiger partial charge in [-0.1, -0.05) is 30.3 Å². The normalized spacial score (nSPS) is 20.4. The summed E-state index contributed by atoms with van der Waals surface area (Å²) >= 11 is 0. The number of rotatable bonds is 3. The van der Waals surface area contributed by atoms with Crippen LogP contribution in [0.3, 0.4) is 0 Å². The van der Waals surface area contributed by atoms with E-state index < -0.39 is 21.6 Å². The maximum absolute atomic E-state index is 13.6. The van der Waals surface area contributed by atoms with Gasteiger partial charge in [0.25, 0.3) is 5.91 Å². The van der Waals surface area contributed by atoms with Crippen molar-refractivity contribution in [2.75, 3.05) is 5.32 Å². The number of fused-ring (bicyclic) bond motifs is 1. The average Bonchev–Trinajstić information content (AvgIpc) is 3.04. The number of nitriles is 1. The number of aryl methyl sites for hydroxylation is 1. The number of benzene rings is 2. The molecule has 0 saturated carbocycles. The van der Waals surface area contributed by atoms with E-state index in [0.29, 0.717) is 18.4 Å². The van der Waals surface area contributed by atoms with Crippen LogP contribution in [0, 0.1) is 21.9 Å². The zero-order chi connectivity index (χ0) is 22.2. The van der Waals surface area contributed by atoms with Gasteiger partial charge in [-0.3, -0.25) is 4.79 Å². The smallest absolute Gasteiger partial charge is 0.272 e. The number of nitrogens with one attached hydrogen (secondary N) is 3. The Morgan fingerprint density at radius 3 is 2.77 bits per heavy atom. The molecule has 7 nitrogen and oxygen atoms in total. The average molecular weight is 438 g/mol. The molecule has 1 aromatic heterocycles. The standard InChI is InChI=1S/C22H20FN5O2S/c1-28-13-20-17(8-10-19(27-31(20,25)30)14-5-3-2-4-6-14)21(28)22(29)26-16-7-9-18(23)15(11-16)12-24/h2-7,9,11,13,19H,8,10H2,1H3,(H,26,29)(H2,25,27,30)/t19-,31?/m0/s1. The van der Waals surface area contributed by atoms with Crippen molar-refractivity contribution in [1.29, 1.82) is 10.0 Å². The molecule has 158 valence electrons. The van der Waals surface area contributed by atoms with Crippen LogP contribution in [0.2, 0.25) is 0 Å². The van der Waals surface area contributed by atoms with E-state index >= 15 is 0 Å². The van der Waals surface area contributed by atoms with E-state index in [0.717, 1.165) is 11.6 Å². The van der Waals surface area contributed by atoms with Gasteiger partial charge in [0.2, 0.25) is 0 Å². The first-order valence-electron chi connectivity index (χ1n) is 9.60. The predicted octanol–water partition coefficient (Wildman–Crippen LogP) is 3.89. The molecule has 4 rings (SSSR count). The Balaban J connectivity index is 1.68. The van der Waals surface area contributed by atoms with Gasteiger partial charge in [-0.15, -0.1) is 0 Å². The number of hydrogen-bond donors (Lipinski definition) is 3. The van der Waals surface area contributed by atoms with Crippen LogP contribution >= 0.6 is 0 Å². The van der Waals surface area contributed by atoms with Crippen molar-refractivity contribution >= 4 is 21.5 Å². The van der Waals surface area contributed by atoms with Gasteiger partial charge in [-0.25, -0.2) is 18.1 Å². The molecule has 3 aromatic rings. The summed E-state index contributed by atoms with van der Waals surface area (Å²) in [6.45, 7) is 0. The maximum atomic E-state index is 13.6. The third kappa shape index (κ3) is 3.95. The number of aromatic nitrogens is 1. The number of anilines is 1. The topological polar surface area (TPSA) is 111 Å². The van der Waals surface area contributed by atoms with Crippen LogP contribution in [0.25, 0.3) is 0 Å². The molecule has 1 amide bonds. The molecule has 0 bridgehead atoms. The van der Waals surface area contributed by atoms with Crippen molar-refractivity contribution in [2.24, 2.45) is 7.05 Å². The minimum atomic E-state index is -3.34. The SMILES string of the molecule is Cn1cc2c(c1C(=O)Nc1ccc(F)c(C#N)c1)CC[C@@H](c1ccccc1)NS2(=N)=O. The van der Waals surface area contributed by atoms with E-state index in [-0.39, 0.29) is 27.9 Å². The van der Waals surface area contributed by atoms with Crippen LogP contribution in [0.15, 0.2) is 59.6 Å². The van der Waals surface area contributed by atoms with Gasteiger partial charge < -0.3 is 9.88 Å². The van der Waals surface area contributed by atoms with Gasteiger partial charge >= 0.3 is 0 Å². The van der Waals surface area contributed by atoms with Crippen LogP contribution < -0.4 is 10.0 Å². The highest BCUT2D eigenvalue weighted by molar-refractivity contribution is 7.90. The van der Waals surface area contributed by atoms with Gasteiger partial charge in [0.05, 0.1) is 10.5 Å². The van der Waals surface area contributed by atoms with Crippen molar-refractivity contribution < 1.29 is 13.4 Å². The minimum absolute atomic E-state index is 0.174. The van der Waals surface area contributed by atoms with Gasteiger partial charge in [-0.05, 0) is 36.6 Å². The molecule has 2 heterocycles. The zero-order valence-electron chi connectivity index (χ0n) is 16.7. The van der Waals surface area contributed by atoms with Crippen molar-refractivity contribution in [3.63, 3.8) is 0 Å². The zero-order valence-corrected chi connectivity index (χ0v) is 17.5. The molecule has 0 saturated heterocycles. The van der Waals surface area contributed by atoms with Crippen molar-refractivity contribution in [2.45, 2.75) is 23.8 Å². The number of hydrogen-bond acceptors (Lipinski definition) is 4. The first-order valence-corrected chi connectivity index (χ1v) is 11.2. The summed E-state index contributed by atoms with van der Waals surface area (Å²) in [5, 5.41) is 11.7. The third-order valence-corrected chi connectivity index (χ3v) is 6.90. The van der Waals surface area contributed by atoms with Gasteiger partial charge in [-0.2, -0.15) is 5.26 Å². The summed E-state index contributed by atoms with van der Waals surface area (Å²) < 4.78 is 39.8. The lowest BCUT2D eigenvalue weighted by Gasteiger charge is -2.17. The fourth-order valence-electron chi connectivity index (χ4n) is 3.84. The Bertz CT molecular complexity index is 1310. The molecule has 0 spiro atoms. The van der Waals surface area contributed by atoms with E-state index in [1.807, 2.05) is 30.3 Å². The molecule has 0 radical (unpaired) electrons. The molecule has 1 aliphatic rings. The maximum Gasteiger partial charge on any atom is 0.272 e. The van der Waals surface area contributed by atoms with E-state index in [4.69, 9.17) is 10.0 Å². The lowest BCUT2D eigenvalue weighted by molar-refractivity contribution is 0.101. The summed E-state index contributed by atoms with van der Waals surface area (Å²) in [6, 6.07) is 14.7. The van der Waals surface area contributed by atoms with Crippen LogP contribution in [0.5, 0.6) is 0 Å². The van der Waals surface area contributed by atoms with E-state index in [1.165, 1.54) is 12.1 Å². The lowest BCUT2D eigenvalue weighted by atomic mass is 9.99. The number of nitrogens with zero attached hydrogens (tertiary/aromatic N) is 2. The Hall–Kier alpha value is -3.48. The molecular formula is C22H20FN5O2S. The second-order valence-corrected chi connectivity index (χ2v) is 9.16. The molecular weight excluding hydrogens is 417 g/mol. The van der Waals surface area contributed by atoms with Crippen LogP contribution in [0.1, 0.15) is 39.6 Å². The predicted molar refractivity (Wildman–Crippen MR) is 114 cm³/mol. The first-order chi connectivity index (χ1) is 14.8. The highest BCUT2D eigenvalue weighted by Gasteiger charge is 2.31. The lowest BCUT2D eigenvalue weighted by Crippen LogP contribution is -2.26. The molecule has 2 aromatic carbocycles. The summed E-state index contributed by atoms with van der Waals surface area (Å²) in [5.41, 5.74) is 1.87. The summed E-state index contributed by atoms with van der Waals surface area (Å²) in [6.07, 6.45) is 2.56. The first kappa shape index (κ1) is 20.8. The van der Waals surface area contributed by atoms with Crippen LogP contribution in [-0.2, 0) is 23.4 Å². The Kier molecular flexibility index (Phi) is 5.35. The van der Waals surface area contributed by atoms with Gasteiger partial charge in [0.15, 0.2) is 0 Å². The highest BCUT2D eigenvalue weighted by Crippen LogP contribution is 2.32. The molecule has 1 aliphatic heterocycles. The number of halogens is 1. The molecule has 2 atom stereocenters. The van der Waals surface area contributed by atoms with Gasteiger partial charge in [0.1, 0.15) is 27.5 Å². The van der Waals surface area contributed by atoms with E-state index in [9.17, 15) is 13.4 Å². The Morgan fingerprint density at radius 1 is 1.32 bits per heavy atom. The molecule has 1 unspecified atom stereocenters. The number of amides is 1. The van der Waals surface area contributed by atoms with Crippen LogP contribution in [-0.4, -0.2) is 14.7 Å². The van der Waals surface area contributed by atoms with Crippen LogP contribution in [0.4, 0.5) is 10.1 Å². The monoisotopic (exact) mass is 437 g/mol. The molecule has 0 aliphatic carbocycles. The molecule has 3 N–H and O–H groups in total. The molecule has 31 heavy (non-hydrogen) atoms. The quantitative estimate of drug-likeness (QED) is 0.578. The highest BCUT2D eigenvalue weighted by atomic mass is 32.2. The van der Waals surface area contributed by atoms with Gasteiger partial charge in [0, 0.05) is 30.5 Å². The van der Waals surface area contributed by atoms with Crippen molar-refractivity contribution in [3.8, 4) is 6.07 Å². The van der Waals surface area contributed by atoms with Crippen molar-refractivity contribution in [1.82, 2.24) is 9.29 Å². The fourth-order valence-corrected chi connectivity index (χ4v) is 5.48. The summed E-state index contributed by atoms with van der Waals surface area (Å²) in [7, 11) is -1.69. The number of carbonyl (C=O) groups is 1. The summed E-state index contributed by atoms with van der Waals surface area (Å²) in [4.78, 5) is 13.3. The Morgan fingerprint density at radius 2 is 2.06 bits per heavy atom. The second kappa shape index (κ2) is 7.98. The largest absolute Gasteiger partial charge is 0.345 e.